The van der Waals surface area contributed by atoms with Crippen molar-refractivity contribution in [3.05, 3.63) is 29.8 Å². The molecule has 0 bridgehead atoms. The number of carbonyl (C=O) groups is 2. The Morgan fingerprint density at radius 3 is 2.14 bits per heavy atom. The van der Waals surface area contributed by atoms with Crippen molar-refractivity contribution < 1.29 is 14.3 Å². The van der Waals surface area contributed by atoms with E-state index in [2.05, 4.69) is 0 Å². The summed E-state index contributed by atoms with van der Waals surface area (Å²) in [6.45, 7) is 5.80. The number of hydrogen-bond donors (Lipinski definition) is 0. The predicted octanol–water partition coefficient (Wildman–Crippen LogP) is 2.17. The summed E-state index contributed by atoms with van der Waals surface area (Å²) in [5.41, 5.74) is 1.59. The van der Waals surface area contributed by atoms with E-state index < -0.39 is 0 Å². The van der Waals surface area contributed by atoms with Gasteiger partial charge in [0.2, 0.25) is 0 Å². The fraction of sp³-hybridized carbons (Fsp3) is 0.500. The van der Waals surface area contributed by atoms with Gasteiger partial charge in [0, 0.05) is 31.4 Å². The molecule has 0 aliphatic heterocycles. The lowest BCUT2D eigenvalue weighted by molar-refractivity contribution is -0.144. The molecule has 0 spiro atoms. The van der Waals surface area contributed by atoms with Gasteiger partial charge in [0.05, 0.1) is 6.61 Å². The van der Waals surface area contributed by atoms with E-state index in [1.807, 2.05) is 45.0 Å². The van der Waals surface area contributed by atoms with Crippen LogP contribution in [0.1, 0.15) is 31.1 Å². The molecule has 1 aromatic carbocycles. The van der Waals surface area contributed by atoms with Gasteiger partial charge in [0.25, 0.3) is 5.91 Å². The van der Waals surface area contributed by atoms with Crippen LogP contribution in [0.3, 0.4) is 0 Å². The van der Waals surface area contributed by atoms with Gasteiger partial charge in [0.15, 0.2) is 0 Å². The predicted molar refractivity (Wildman–Crippen MR) is 83.6 cm³/mol. The average Bonchev–Trinajstić information content (AvgIpc) is 2.44. The van der Waals surface area contributed by atoms with Gasteiger partial charge in [-0.1, -0.05) is 0 Å². The molecule has 0 aliphatic rings. The molecule has 1 amide bonds. The highest BCUT2D eigenvalue weighted by Gasteiger charge is 2.22. The minimum Gasteiger partial charge on any atom is -0.465 e. The Hall–Kier alpha value is -2.04. The molecule has 0 radical (unpaired) electrons. The van der Waals surface area contributed by atoms with Crippen molar-refractivity contribution >= 4 is 17.6 Å². The van der Waals surface area contributed by atoms with Crippen LogP contribution in [0.2, 0.25) is 0 Å². The zero-order valence-corrected chi connectivity index (χ0v) is 13.4. The molecule has 0 fully saturated rings. The Balaban J connectivity index is 2.87. The lowest BCUT2D eigenvalue weighted by Gasteiger charge is -2.26. The molecule has 0 saturated carbocycles. The maximum absolute atomic E-state index is 12.5. The van der Waals surface area contributed by atoms with Crippen molar-refractivity contribution in [3.8, 4) is 0 Å². The number of amides is 1. The van der Waals surface area contributed by atoms with Gasteiger partial charge >= 0.3 is 5.97 Å². The maximum Gasteiger partial charge on any atom is 0.325 e. The molecule has 116 valence electrons. The second kappa shape index (κ2) is 7.67. The Kier molecular flexibility index (Phi) is 6.21. The monoisotopic (exact) mass is 292 g/mol. The summed E-state index contributed by atoms with van der Waals surface area (Å²) in [6, 6.07) is 7.25. The molecule has 0 saturated heterocycles. The number of nitrogens with zero attached hydrogens (tertiary/aromatic N) is 2. The van der Waals surface area contributed by atoms with Gasteiger partial charge in [-0.05, 0) is 45.0 Å². The zero-order valence-electron chi connectivity index (χ0n) is 13.4. The van der Waals surface area contributed by atoms with E-state index in [9.17, 15) is 9.59 Å². The van der Waals surface area contributed by atoms with E-state index in [1.54, 1.807) is 19.1 Å². The summed E-state index contributed by atoms with van der Waals surface area (Å²) < 4.78 is 4.92. The van der Waals surface area contributed by atoms with E-state index in [0.717, 1.165) is 5.69 Å². The van der Waals surface area contributed by atoms with Crippen LogP contribution in [0.4, 0.5) is 5.69 Å². The number of carbonyl (C=O) groups excluding carboxylic acids is 2. The summed E-state index contributed by atoms with van der Waals surface area (Å²) in [6.07, 6.45) is 0. The van der Waals surface area contributed by atoms with Gasteiger partial charge in [-0.25, -0.2) is 0 Å². The molecule has 5 nitrogen and oxygen atoms in total. The summed E-state index contributed by atoms with van der Waals surface area (Å²) in [7, 11) is 3.88. The number of ether oxygens (including phenoxy) is 1. The van der Waals surface area contributed by atoms with Crippen LogP contribution in [-0.4, -0.2) is 50.1 Å². The Morgan fingerprint density at radius 2 is 1.71 bits per heavy atom. The second-order valence-corrected chi connectivity index (χ2v) is 5.27. The molecule has 0 aliphatic carbocycles. The first-order chi connectivity index (χ1) is 9.86. The third-order valence-electron chi connectivity index (χ3n) is 3.12. The largest absolute Gasteiger partial charge is 0.465 e. The summed E-state index contributed by atoms with van der Waals surface area (Å²) in [4.78, 5) is 27.6. The van der Waals surface area contributed by atoms with Crippen LogP contribution < -0.4 is 4.90 Å². The zero-order chi connectivity index (χ0) is 16.0. The minimum absolute atomic E-state index is 0.0280. The number of hydrogen-bond acceptors (Lipinski definition) is 4. The SMILES string of the molecule is CCOC(=O)CN(C(=O)c1ccc(N(C)C)cc1)C(C)C. The summed E-state index contributed by atoms with van der Waals surface area (Å²) in [5, 5.41) is 0. The van der Waals surface area contributed by atoms with Crippen molar-refractivity contribution in [2.45, 2.75) is 26.8 Å². The molecule has 21 heavy (non-hydrogen) atoms. The highest BCUT2D eigenvalue weighted by molar-refractivity contribution is 5.96. The van der Waals surface area contributed by atoms with Crippen molar-refractivity contribution in [1.82, 2.24) is 4.90 Å². The lowest BCUT2D eigenvalue weighted by atomic mass is 10.1. The summed E-state index contributed by atoms with van der Waals surface area (Å²) in [5.74, 6) is -0.548. The maximum atomic E-state index is 12.5. The third-order valence-corrected chi connectivity index (χ3v) is 3.12. The fourth-order valence-electron chi connectivity index (χ4n) is 1.90. The Bertz CT molecular complexity index is 481. The topological polar surface area (TPSA) is 49.9 Å². The Labute approximate surface area is 126 Å². The molecular formula is C16H24N2O3. The van der Waals surface area contributed by atoms with Crippen LogP contribution in [0.5, 0.6) is 0 Å². The van der Waals surface area contributed by atoms with E-state index in [4.69, 9.17) is 4.74 Å². The first kappa shape index (κ1) is 17.0. The van der Waals surface area contributed by atoms with Crippen LogP contribution in [0, 0.1) is 0 Å². The van der Waals surface area contributed by atoms with Crippen molar-refractivity contribution in [2.24, 2.45) is 0 Å². The second-order valence-electron chi connectivity index (χ2n) is 5.27. The van der Waals surface area contributed by atoms with Gasteiger partial charge in [-0.3, -0.25) is 9.59 Å². The highest BCUT2D eigenvalue weighted by Crippen LogP contribution is 2.15. The van der Waals surface area contributed by atoms with Crippen LogP contribution >= 0.6 is 0 Å². The number of esters is 1. The molecular weight excluding hydrogens is 268 g/mol. The van der Waals surface area contributed by atoms with Gasteiger partial charge < -0.3 is 14.5 Å². The average molecular weight is 292 g/mol. The van der Waals surface area contributed by atoms with E-state index in [0.29, 0.717) is 12.2 Å². The van der Waals surface area contributed by atoms with Gasteiger partial charge in [-0.2, -0.15) is 0 Å². The number of anilines is 1. The molecule has 0 heterocycles. The van der Waals surface area contributed by atoms with Crippen molar-refractivity contribution in [2.75, 3.05) is 32.1 Å². The third kappa shape index (κ3) is 4.77. The standard InChI is InChI=1S/C16H24N2O3/c1-6-21-15(19)11-18(12(2)3)16(20)13-7-9-14(10-8-13)17(4)5/h7-10,12H,6,11H2,1-5H3. The molecule has 0 unspecified atom stereocenters. The Morgan fingerprint density at radius 1 is 1.14 bits per heavy atom. The van der Waals surface area contributed by atoms with Crippen LogP contribution in [0.15, 0.2) is 24.3 Å². The number of rotatable bonds is 6. The molecule has 0 atom stereocenters. The highest BCUT2D eigenvalue weighted by atomic mass is 16.5. The number of benzene rings is 1. The molecule has 1 rings (SSSR count). The van der Waals surface area contributed by atoms with Crippen molar-refractivity contribution in [3.63, 3.8) is 0 Å². The minimum atomic E-state index is -0.385. The molecule has 0 aromatic heterocycles. The molecule has 0 N–H and O–H groups in total. The molecule has 5 heteroatoms. The normalized spacial score (nSPS) is 10.4. The van der Waals surface area contributed by atoms with E-state index >= 15 is 0 Å². The van der Waals surface area contributed by atoms with E-state index in [-0.39, 0.29) is 24.5 Å². The van der Waals surface area contributed by atoms with Gasteiger partial charge in [-0.15, -0.1) is 0 Å². The van der Waals surface area contributed by atoms with Crippen LogP contribution in [-0.2, 0) is 9.53 Å². The van der Waals surface area contributed by atoms with E-state index in [1.165, 1.54) is 4.90 Å². The lowest BCUT2D eigenvalue weighted by Crippen LogP contribution is -2.41. The van der Waals surface area contributed by atoms with Gasteiger partial charge in [0.1, 0.15) is 6.54 Å². The molecule has 1 aromatic rings. The first-order valence-electron chi connectivity index (χ1n) is 7.10. The summed E-state index contributed by atoms with van der Waals surface area (Å²) >= 11 is 0. The first-order valence-corrected chi connectivity index (χ1v) is 7.10. The van der Waals surface area contributed by atoms with Crippen molar-refractivity contribution in [1.29, 1.82) is 0 Å². The quantitative estimate of drug-likeness (QED) is 0.754. The van der Waals surface area contributed by atoms with Crippen LogP contribution in [0.25, 0.3) is 0 Å². The smallest absolute Gasteiger partial charge is 0.325 e. The fourth-order valence-corrected chi connectivity index (χ4v) is 1.90.